The maximum absolute atomic E-state index is 4.38. The first-order chi connectivity index (χ1) is 8.69. The average molecular weight is 312 g/mol. The van der Waals surface area contributed by atoms with Crippen molar-refractivity contribution in [2.45, 2.75) is 26.4 Å². The van der Waals surface area contributed by atoms with Crippen LogP contribution in [0, 0.1) is 0 Å². The Labute approximate surface area is 115 Å². The molecule has 0 radical (unpaired) electrons. The van der Waals surface area contributed by atoms with Crippen LogP contribution in [0.25, 0.3) is 0 Å². The van der Waals surface area contributed by atoms with Gasteiger partial charge in [-0.1, -0.05) is 6.92 Å². The second-order valence-corrected chi connectivity index (χ2v) is 4.97. The predicted octanol–water partition coefficient (Wildman–Crippen LogP) is 2.10. The van der Waals surface area contributed by atoms with Crippen LogP contribution in [-0.4, -0.2) is 25.9 Å². The van der Waals surface area contributed by atoms with Crippen molar-refractivity contribution in [1.82, 2.24) is 24.6 Å². The van der Waals surface area contributed by atoms with Crippen molar-refractivity contribution in [2.24, 2.45) is 7.05 Å². The van der Waals surface area contributed by atoms with Crippen molar-refractivity contribution in [3.63, 3.8) is 0 Å². The van der Waals surface area contributed by atoms with E-state index in [2.05, 4.69) is 45.2 Å². The molecule has 98 valence electrons. The number of aromatic nitrogens is 4. The Morgan fingerprint density at radius 1 is 1.39 bits per heavy atom. The molecule has 1 N–H and O–H groups in total. The predicted molar refractivity (Wildman–Crippen MR) is 74.3 cm³/mol. The molecule has 0 amide bonds. The van der Waals surface area contributed by atoms with Crippen molar-refractivity contribution in [2.75, 3.05) is 6.54 Å². The van der Waals surface area contributed by atoms with E-state index in [1.165, 1.54) is 0 Å². The first-order valence-corrected chi connectivity index (χ1v) is 6.89. The van der Waals surface area contributed by atoms with E-state index < -0.39 is 0 Å². The lowest BCUT2D eigenvalue weighted by atomic mass is 10.1. The maximum Gasteiger partial charge on any atom is 0.0946 e. The van der Waals surface area contributed by atoms with E-state index in [0.717, 1.165) is 29.0 Å². The Morgan fingerprint density at radius 3 is 2.72 bits per heavy atom. The summed E-state index contributed by atoms with van der Waals surface area (Å²) >= 11 is 3.59. The smallest absolute Gasteiger partial charge is 0.0946 e. The summed E-state index contributed by atoms with van der Waals surface area (Å²) in [6.07, 6.45) is 5.56. The zero-order valence-corrected chi connectivity index (χ0v) is 12.5. The minimum atomic E-state index is 0.0966. The quantitative estimate of drug-likeness (QED) is 0.920. The number of hydrogen-bond donors (Lipinski definition) is 1. The van der Waals surface area contributed by atoms with Crippen LogP contribution in [0.5, 0.6) is 0 Å². The summed E-state index contributed by atoms with van der Waals surface area (Å²) in [5.41, 5.74) is 2.27. The molecule has 1 unspecified atom stereocenters. The zero-order chi connectivity index (χ0) is 13.1. The van der Waals surface area contributed by atoms with Crippen molar-refractivity contribution in [3.8, 4) is 0 Å². The van der Waals surface area contributed by atoms with Crippen molar-refractivity contribution in [3.05, 3.63) is 34.6 Å². The minimum absolute atomic E-state index is 0.0966. The van der Waals surface area contributed by atoms with Gasteiger partial charge in [-0.15, -0.1) is 0 Å². The lowest BCUT2D eigenvalue weighted by Gasteiger charge is -2.20. The first-order valence-electron chi connectivity index (χ1n) is 6.09. The standard InChI is InChI=1S/C12H18BrN5/c1-4-15-11(10-7-14-8-17(10)3)12-9(13)6-16-18(12)5-2/h6-8,11,15H,4-5H2,1-3H3. The highest BCUT2D eigenvalue weighted by Crippen LogP contribution is 2.28. The molecule has 0 aliphatic rings. The van der Waals surface area contributed by atoms with Gasteiger partial charge >= 0.3 is 0 Å². The fraction of sp³-hybridized carbons (Fsp3) is 0.500. The van der Waals surface area contributed by atoms with Gasteiger partial charge in [0.05, 0.1) is 40.6 Å². The molecule has 0 aromatic carbocycles. The number of halogens is 1. The molecule has 2 rings (SSSR count). The summed E-state index contributed by atoms with van der Waals surface area (Å²) in [5, 5.41) is 7.87. The van der Waals surface area contributed by atoms with Gasteiger partial charge in [0.15, 0.2) is 0 Å². The van der Waals surface area contributed by atoms with Gasteiger partial charge in [0.2, 0.25) is 0 Å². The molecule has 0 saturated carbocycles. The van der Waals surface area contributed by atoms with Crippen LogP contribution < -0.4 is 5.32 Å². The molecule has 5 nitrogen and oxygen atoms in total. The zero-order valence-electron chi connectivity index (χ0n) is 10.9. The molecule has 2 aromatic rings. The highest BCUT2D eigenvalue weighted by molar-refractivity contribution is 9.10. The molecular weight excluding hydrogens is 294 g/mol. The largest absolute Gasteiger partial charge is 0.336 e. The fourth-order valence-electron chi connectivity index (χ4n) is 2.10. The topological polar surface area (TPSA) is 47.7 Å². The first kappa shape index (κ1) is 13.3. The second-order valence-electron chi connectivity index (χ2n) is 4.11. The summed E-state index contributed by atoms with van der Waals surface area (Å²) < 4.78 is 5.06. The van der Waals surface area contributed by atoms with E-state index in [1.54, 1.807) is 0 Å². The van der Waals surface area contributed by atoms with Crippen LogP contribution in [0.3, 0.4) is 0 Å². The summed E-state index contributed by atoms with van der Waals surface area (Å²) in [4.78, 5) is 4.20. The van der Waals surface area contributed by atoms with Crippen LogP contribution >= 0.6 is 15.9 Å². The molecule has 0 saturated heterocycles. The molecule has 0 aliphatic heterocycles. The van der Waals surface area contributed by atoms with Gasteiger partial charge in [0.1, 0.15) is 0 Å². The Balaban J connectivity index is 2.47. The lowest BCUT2D eigenvalue weighted by molar-refractivity contribution is 0.522. The highest BCUT2D eigenvalue weighted by Gasteiger charge is 2.22. The van der Waals surface area contributed by atoms with Gasteiger partial charge in [-0.05, 0) is 29.4 Å². The maximum atomic E-state index is 4.38. The fourth-order valence-corrected chi connectivity index (χ4v) is 2.63. The minimum Gasteiger partial charge on any atom is -0.336 e. The molecule has 0 spiro atoms. The molecule has 0 aliphatic carbocycles. The van der Waals surface area contributed by atoms with Crippen LogP contribution in [0.1, 0.15) is 31.3 Å². The third kappa shape index (κ3) is 2.35. The molecule has 0 fully saturated rings. The van der Waals surface area contributed by atoms with E-state index in [9.17, 15) is 0 Å². The van der Waals surface area contributed by atoms with E-state index in [4.69, 9.17) is 0 Å². The summed E-state index contributed by atoms with van der Waals surface area (Å²) in [7, 11) is 2.01. The number of rotatable bonds is 5. The number of nitrogens with zero attached hydrogens (tertiary/aromatic N) is 4. The Hall–Kier alpha value is -1.14. The molecular formula is C12H18BrN5. The number of imidazole rings is 1. The second kappa shape index (κ2) is 5.67. The third-order valence-corrected chi connectivity index (χ3v) is 3.58. The lowest BCUT2D eigenvalue weighted by Crippen LogP contribution is -2.26. The molecule has 0 bridgehead atoms. The molecule has 6 heteroatoms. The third-order valence-electron chi connectivity index (χ3n) is 2.96. The molecule has 2 aromatic heterocycles. The van der Waals surface area contributed by atoms with Gasteiger partial charge in [-0.2, -0.15) is 5.10 Å². The van der Waals surface area contributed by atoms with Crippen LogP contribution in [-0.2, 0) is 13.6 Å². The summed E-state index contributed by atoms with van der Waals surface area (Å²) in [6, 6.07) is 0.0966. The normalized spacial score (nSPS) is 12.9. The van der Waals surface area contributed by atoms with Crippen molar-refractivity contribution < 1.29 is 0 Å². The van der Waals surface area contributed by atoms with Gasteiger partial charge in [-0.3, -0.25) is 4.68 Å². The number of aryl methyl sites for hydroxylation is 2. The molecule has 18 heavy (non-hydrogen) atoms. The van der Waals surface area contributed by atoms with Crippen LogP contribution in [0.15, 0.2) is 23.2 Å². The SMILES string of the molecule is CCNC(c1cncn1C)c1c(Br)cnn1CC. The van der Waals surface area contributed by atoms with E-state index in [0.29, 0.717) is 0 Å². The van der Waals surface area contributed by atoms with E-state index in [1.807, 2.05) is 35.0 Å². The van der Waals surface area contributed by atoms with Crippen LogP contribution in [0.4, 0.5) is 0 Å². The average Bonchev–Trinajstić information content (AvgIpc) is 2.93. The number of nitrogens with one attached hydrogen (secondary N) is 1. The van der Waals surface area contributed by atoms with Crippen LogP contribution in [0.2, 0.25) is 0 Å². The Kier molecular flexibility index (Phi) is 4.19. The van der Waals surface area contributed by atoms with Crippen molar-refractivity contribution >= 4 is 15.9 Å². The van der Waals surface area contributed by atoms with Gasteiger partial charge < -0.3 is 9.88 Å². The van der Waals surface area contributed by atoms with Crippen molar-refractivity contribution in [1.29, 1.82) is 0 Å². The number of hydrogen-bond acceptors (Lipinski definition) is 3. The summed E-state index contributed by atoms with van der Waals surface area (Å²) in [6.45, 7) is 5.93. The Morgan fingerprint density at radius 2 is 2.17 bits per heavy atom. The van der Waals surface area contributed by atoms with E-state index >= 15 is 0 Å². The molecule has 2 heterocycles. The highest BCUT2D eigenvalue weighted by atomic mass is 79.9. The van der Waals surface area contributed by atoms with Gasteiger partial charge in [0.25, 0.3) is 0 Å². The van der Waals surface area contributed by atoms with Gasteiger partial charge in [0, 0.05) is 13.6 Å². The molecule has 1 atom stereocenters. The summed E-state index contributed by atoms with van der Waals surface area (Å²) in [5.74, 6) is 0. The van der Waals surface area contributed by atoms with E-state index in [-0.39, 0.29) is 6.04 Å². The van der Waals surface area contributed by atoms with Gasteiger partial charge in [-0.25, -0.2) is 4.98 Å². The monoisotopic (exact) mass is 311 g/mol. The Bertz CT molecular complexity index is 516.